The maximum absolute atomic E-state index is 5.35. The Labute approximate surface area is 56.3 Å². The van der Waals surface area contributed by atoms with E-state index in [4.69, 9.17) is 5.73 Å². The van der Waals surface area contributed by atoms with E-state index >= 15 is 0 Å². The molecule has 0 rings (SSSR count). The average Bonchev–Trinajstić information content (AvgIpc) is 1.89. The van der Waals surface area contributed by atoms with Crippen molar-refractivity contribution in [1.29, 1.82) is 0 Å². The molecule has 3 N–H and O–H groups in total. The van der Waals surface area contributed by atoms with Crippen LogP contribution in [0.5, 0.6) is 0 Å². The Morgan fingerprint density at radius 3 is 2.78 bits per heavy atom. The van der Waals surface area contributed by atoms with Crippen LogP contribution in [0.1, 0.15) is 19.8 Å². The van der Waals surface area contributed by atoms with Gasteiger partial charge in [-0.15, -0.1) is 0 Å². The van der Waals surface area contributed by atoms with Gasteiger partial charge in [-0.05, 0) is 6.42 Å². The fourth-order valence-electron chi connectivity index (χ4n) is 0.472. The van der Waals surface area contributed by atoms with Crippen LogP contribution in [0.25, 0.3) is 0 Å². The minimum absolute atomic E-state index is 0.531. The van der Waals surface area contributed by atoms with Gasteiger partial charge in [-0.2, -0.15) is 0 Å². The predicted octanol–water partition coefficient (Wildman–Crippen LogP) is 0.321. The molecule has 0 saturated carbocycles. The second-order valence-corrected chi connectivity index (χ2v) is 1.89. The molecule has 0 fully saturated rings. The van der Waals surface area contributed by atoms with Gasteiger partial charge in [0.25, 0.3) is 0 Å². The van der Waals surface area contributed by atoms with Crippen molar-refractivity contribution in [2.24, 2.45) is 10.7 Å². The van der Waals surface area contributed by atoms with Crippen LogP contribution in [-0.2, 0) is 0 Å². The maximum atomic E-state index is 5.35. The third kappa shape index (κ3) is 5.14. The smallest absolute Gasteiger partial charge is 0.188 e. The van der Waals surface area contributed by atoms with Crippen LogP contribution in [0.3, 0.4) is 0 Å². The molecule has 3 nitrogen and oxygen atoms in total. The van der Waals surface area contributed by atoms with E-state index in [0.717, 1.165) is 13.0 Å². The van der Waals surface area contributed by atoms with Crippen LogP contribution in [0.4, 0.5) is 0 Å². The molecule has 54 valence electrons. The standard InChI is InChI=1S/C6H15N3/c1-3-4-5-9-6(7)8-2/h3-5H2,1-2H3,(H3,7,8,9). The van der Waals surface area contributed by atoms with Gasteiger partial charge in [-0.3, -0.25) is 4.99 Å². The molecule has 0 aliphatic carbocycles. The molecule has 0 bridgehead atoms. The van der Waals surface area contributed by atoms with Gasteiger partial charge >= 0.3 is 0 Å². The number of aliphatic imine (C=N–C) groups is 1. The molecule has 0 radical (unpaired) electrons. The van der Waals surface area contributed by atoms with Gasteiger partial charge in [0, 0.05) is 13.6 Å². The zero-order valence-electron chi connectivity index (χ0n) is 6.15. The summed E-state index contributed by atoms with van der Waals surface area (Å²) in [5, 5.41) is 2.96. The highest BCUT2D eigenvalue weighted by Gasteiger charge is 1.84. The van der Waals surface area contributed by atoms with Crippen LogP contribution in [0, 0.1) is 0 Å². The first-order chi connectivity index (χ1) is 4.31. The lowest BCUT2D eigenvalue weighted by Crippen LogP contribution is -2.31. The van der Waals surface area contributed by atoms with Crippen molar-refractivity contribution >= 4 is 5.96 Å². The van der Waals surface area contributed by atoms with Gasteiger partial charge in [0.05, 0.1) is 0 Å². The number of nitrogens with two attached hydrogens (primary N) is 1. The lowest BCUT2D eigenvalue weighted by atomic mass is 10.3. The third-order valence-electron chi connectivity index (χ3n) is 1.08. The molecule has 3 heteroatoms. The van der Waals surface area contributed by atoms with E-state index in [-0.39, 0.29) is 0 Å². The zero-order chi connectivity index (χ0) is 7.11. The average molecular weight is 129 g/mol. The Balaban J connectivity index is 3.07. The summed E-state index contributed by atoms with van der Waals surface area (Å²) in [4.78, 5) is 3.74. The molecule has 0 unspecified atom stereocenters. The summed E-state index contributed by atoms with van der Waals surface area (Å²) >= 11 is 0. The minimum atomic E-state index is 0.531. The van der Waals surface area contributed by atoms with E-state index in [0.29, 0.717) is 5.96 Å². The third-order valence-corrected chi connectivity index (χ3v) is 1.08. The minimum Gasteiger partial charge on any atom is -0.370 e. The SMILES string of the molecule is CCCCN/C(N)=N\C. The first-order valence-corrected chi connectivity index (χ1v) is 3.27. The highest BCUT2D eigenvalue weighted by Crippen LogP contribution is 1.80. The highest BCUT2D eigenvalue weighted by molar-refractivity contribution is 5.77. The lowest BCUT2D eigenvalue weighted by molar-refractivity contribution is 0.750. The van der Waals surface area contributed by atoms with Crippen molar-refractivity contribution in [3.8, 4) is 0 Å². The zero-order valence-corrected chi connectivity index (χ0v) is 6.15. The van der Waals surface area contributed by atoms with Gasteiger partial charge in [0.2, 0.25) is 0 Å². The molecular weight excluding hydrogens is 114 g/mol. The van der Waals surface area contributed by atoms with Crippen LogP contribution < -0.4 is 11.1 Å². The fraction of sp³-hybridized carbons (Fsp3) is 0.833. The summed E-state index contributed by atoms with van der Waals surface area (Å²) < 4.78 is 0. The Morgan fingerprint density at radius 2 is 2.33 bits per heavy atom. The molecule has 0 aliphatic heterocycles. The Hall–Kier alpha value is -0.730. The molecule has 0 spiro atoms. The monoisotopic (exact) mass is 129 g/mol. The molecule has 0 aromatic rings. The summed E-state index contributed by atoms with van der Waals surface area (Å²) in [6.07, 6.45) is 2.33. The van der Waals surface area contributed by atoms with Crippen molar-refractivity contribution in [3.63, 3.8) is 0 Å². The van der Waals surface area contributed by atoms with Crippen LogP contribution in [0.2, 0.25) is 0 Å². The van der Waals surface area contributed by atoms with Crippen LogP contribution in [-0.4, -0.2) is 19.6 Å². The second-order valence-electron chi connectivity index (χ2n) is 1.89. The first-order valence-electron chi connectivity index (χ1n) is 3.27. The Bertz CT molecular complexity index is 88.3. The quantitative estimate of drug-likeness (QED) is 0.327. The number of nitrogens with one attached hydrogen (secondary N) is 1. The number of rotatable bonds is 3. The molecule has 0 amide bonds. The molecule has 0 aromatic carbocycles. The highest BCUT2D eigenvalue weighted by atomic mass is 15.1. The van der Waals surface area contributed by atoms with E-state index in [1.807, 2.05) is 0 Å². The Morgan fingerprint density at radius 1 is 1.67 bits per heavy atom. The molecule has 9 heavy (non-hydrogen) atoms. The van der Waals surface area contributed by atoms with Gasteiger partial charge in [0.1, 0.15) is 0 Å². The van der Waals surface area contributed by atoms with Gasteiger partial charge in [-0.25, -0.2) is 0 Å². The summed E-state index contributed by atoms with van der Waals surface area (Å²) in [5.74, 6) is 0.531. The molecule has 0 saturated heterocycles. The number of hydrogen-bond donors (Lipinski definition) is 2. The van der Waals surface area contributed by atoms with Gasteiger partial charge in [-0.1, -0.05) is 13.3 Å². The maximum Gasteiger partial charge on any atom is 0.188 e. The van der Waals surface area contributed by atoms with E-state index < -0.39 is 0 Å². The van der Waals surface area contributed by atoms with E-state index in [9.17, 15) is 0 Å². The van der Waals surface area contributed by atoms with Crippen LogP contribution in [0.15, 0.2) is 4.99 Å². The van der Waals surface area contributed by atoms with Crippen molar-refractivity contribution in [2.75, 3.05) is 13.6 Å². The summed E-state index contributed by atoms with van der Waals surface area (Å²) in [5.41, 5.74) is 5.35. The molecular formula is C6H15N3. The number of unbranched alkanes of at least 4 members (excludes halogenated alkanes) is 1. The van der Waals surface area contributed by atoms with Crippen molar-refractivity contribution < 1.29 is 0 Å². The van der Waals surface area contributed by atoms with Gasteiger partial charge < -0.3 is 11.1 Å². The fourth-order valence-corrected chi connectivity index (χ4v) is 0.472. The topological polar surface area (TPSA) is 50.4 Å². The van der Waals surface area contributed by atoms with Gasteiger partial charge in [0.15, 0.2) is 5.96 Å². The molecule has 0 atom stereocenters. The summed E-state index contributed by atoms with van der Waals surface area (Å²) in [6.45, 7) is 3.07. The summed E-state index contributed by atoms with van der Waals surface area (Å²) in [7, 11) is 1.67. The number of nitrogens with zero attached hydrogens (tertiary/aromatic N) is 1. The lowest BCUT2D eigenvalue weighted by Gasteiger charge is -2.01. The van der Waals surface area contributed by atoms with Crippen molar-refractivity contribution in [2.45, 2.75) is 19.8 Å². The van der Waals surface area contributed by atoms with E-state index in [1.54, 1.807) is 7.05 Å². The first kappa shape index (κ1) is 8.27. The van der Waals surface area contributed by atoms with E-state index in [1.165, 1.54) is 6.42 Å². The number of guanidine groups is 1. The van der Waals surface area contributed by atoms with Crippen LogP contribution >= 0.6 is 0 Å². The molecule has 0 heterocycles. The van der Waals surface area contributed by atoms with Crippen molar-refractivity contribution in [1.82, 2.24) is 5.32 Å². The normalized spacial score (nSPS) is 11.6. The summed E-state index contributed by atoms with van der Waals surface area (Å²) in [6, 6.07) is 0. The molecule has 0 aliphatic rings. The predicted molar refractivity (Wildman–Crippen MR) is 40.5 cm³/mol. The second kappa shape index (κ2) is 5.41. The molecule has 0 aromatic heterocycles. The number of hydrogen-bond acceptors (Lipinski definition) is 1. The van der Waals surface area contributed by atoms with Crippen molar-refractivity contribution in [3.05, 3.63) is 0 Å². The van der Waals surface area contributed by atoms with E-state index in [2.05, 4.69) is 17.2 Å². The Kier molecular flexibility index (Phi) is 4.97. The largest absolute Gasteiger partial charge is 0.370 e.